The zero-order valence-corrected chi connectivity index (χ0v) is 20.0. The normalized spacial score (nSPS) is 14.2. The molecule has 1 fully saturated rings. The topological polar surface area (TPSA) is 90.0 Å². The van der Waals surface area contributed by atoms with Gasteiger partial charge in [-0.25, -0.2) is 17.6 Å². The molecule has 33 heavy (non-hydrogen) atoms. The Kier molecular flexibility index (Phi) is 7.80. The average molecular weight is 497 g/mol. The van der Waals surface area contributed by atoms with E-state index in [1.807, 2.05) is 13.8 Å². The van der Waals surface area contributed by atoms with E-state index in [2.05, 4.69) is 4.72 Å². The van der Waals surface area contributed by atoms with Crippen LogP contribution in [0.2, 0.25) is 5.02 Å². The van der Waals surface area contributed by atoms with E-state index < -0.39 is 15.8 Å². The lowest BCUT2D eigenvalue weighted by Crippen LogP contribution is -2.54. The molecule has 0 aliphatic carbocycles. The number of piperazine rings is 1. The molecule has 0 bridgehead atoms. The second-order valence-corrected chi connectivity index (χ2v) is 9.58. The number of anilines is 1. The van der Waals surface area contributed by atoms with Crippen molar-refractivity contribution in [1.29, 1.82) is 0 Å². The number of benzene rings is 2. The lowest BCUT2D eigenvalue weighted by molar-refractivity contribution is 0.0641. The minimum Gasteiger partial charge on any atom is -0.335 e. The Hall–Kier alpha value is -2.85. The monoisotopic (exact) mass is 496 g/mol. The van der Waals surface area contributed by atoms with Crippen LogP contribution in [-0.2, 0) is 10.0 Å². The number of amides is 3. The molecule has 2 aromatic carbocycles. The van der Waals surface area contributed by atoms with Gasteiger partial charge in [0.25, 0.3) is 15.9 Å². The van der Waals surface area contributed by atoms with Gasteiger partial charge >= 0.3 is 6.03 Å². The van der Waals surface area contributed by atoms with Crippen LogP contribution in [0.1, 0.15) is 24.2 Å². The van der Waals surface area contributed by atoms with Crippen LogP contribution in [0.25, 0.3) is 0 Å². The highest BCUT2D eigenvalue weighted by molar-refractivity contribution is 7.92. The van der Waals surface area contributed by atoms with Crippen molar-refractivity contribution < 1.29 is 22.4 Å². The molecule has 0 atom stereocenters. The van der Waals surface area contributed by atoms with Crippen molar-refractivity contribution in [2.24, 2.45) is 0 Å². The quantitative estimate of drug-likeness (QED) is 0.662. The Labute approximate surface area is 198 Å². The van der Waals surface area contributed by atoms with Crippen LogP contribution in [0.3, 0.4) is 0 Å². The third kappa shape index (κ3) is 5.75. The molecule has 11 heteroatoms. The molecule has 1 N–H and O–H groups in total. The van der Waals surface area contributed by atoms with Crippen molar-refractivity contribution in [3.63, 3.8) is 0 Å². The van der Waals surface area contributed by atoms with E-state index in [1.54, 1.807) is 14.7 Å². The number of sulfonamides is 1. The molecule has 2 aromatic rings. The molecule has 1 aliphatic heterocycles. The summed E-state index contributed by atoms with van der Waals surface area (Å²) >= 11 is 6.16. The molecule has 0 unspecified atom stereocenters. The molecule has 3 rings (SSSR count). The number of carbonyl (C=O) groups is 2. The zero-order chi connectivity index (χ0) is 24.2. The average Bonchev–Trinajstić information content (AvgIpc) is 2.81. The van der Waals surface area contributed by atoms with Gasteiger partial charge in [-0.15, -0.1) is 0 Å². The highest BCUT2D eigenvalue weighted by atomic mass is 35.5. The maximum absolute atomic E-state index is 13.1. The number of rotatable bonds is 6. The lowest BCUT2D eigenvalue weighted by Gasteiger charge is -2.37. The van der Waals surface area contributed by atoms with Crippen molar-refractivity contribution in [3.8, 4) is 0 Å². The Balaban J connectivity index is 1.71. The van der Waals surface area contributed by atoms with Gasteiger partial charge in [-0.05, 0) is 56.3 Å². The number of urea groups is 1. The largest absolute Gasteiger partial charge is 0.335 e. The minimum absolute atomic E-state index is 0.0437. The molecule has 8 nitrogen and oxygen atoms in total. The number of nitrogens with one attached hydrogen (secondary N) is 1. The van der Waals surface area contributed by atoms with Crippen LogP contribution in [-0.4, -0.2) is 74.3 Å². The summed E-state index contributed by atoms with van der Waals surface area (Å²) in [6, 6.07) is 8.65. The number of halogens is 2. The Morgan fingerprint density at radius 2 is 1.58 bits per heavy atom. The smallest absolute Gasteiger partial charge is 0.320 e. The van der Waals surface area contributed by atoms with Crippen LogP contribution < -0.4 is 4.72 Å². The van der Waals surface area contributed by atoms with Crippen LogP contribution in [0, 0.1) is 5.82 Å². The molecular weight excluding hydrogens is 471 g/mol. The highest BCUT2D eigenvalue weighted by Crippen LogP contribution is 2.27. The fraction of sp³-hybridized carbons (Fsp3) is 0.364. The van der Waals surface area contributed by atoms with Crippen LogP contribution in [0.5, 0.6) is 0 Å². The number of carbonyl (C=O) groups excluding carboxylic acids is 2. The van der Waals surface area contributed by atoms with Crippen LogP contribution >= 0.6 is 11.6 Å². The molecule has 0 radical (unpaired) electrons. The summed E-state index contributed by atoms with van der Waals surface area (Å²) in [6.07, 6.45) is 0. The first-order valence-corrected chi connectivity index (χ1v) is 12.4. The predicted octanol–water partition coefficient (Wildman–Crippen LogP) is 3.50. The van der Waals surface area contributed by atoms with E-state index in [-0.39, 0.29) is 33.1 Å². The third-order valence-electron chi connectivity index (χ3n) is 5.45. The standard InChI is InChI=1S/C22H26ClFN4O4S/c1-3-26(4-2)22(30)28-13-11-27(12-14-28)21(29)16-5-10-19(23)20(15-16)25-33(31,32)18-8-6-17(24)7-9-18/h5-10,15,25H,3-4,11-14H2,1-2H3. The number of hydrogen-bond acceptors (Lipinski definition) is 4. The molecule has 1 aliphatic rings. The summed E-state index contributed by atoms with van der Waals surface area (Å²) in [6.45, 7) is 6.65. The van der Waals surface area contributed by atoms with Gasteiger partial charge in [0.15, 0.2) is 0 Å². The highest BCUT2D eigenvalue weighted by Gasteiger charge is 2.27. The second-order valence-electron chi connectivity index (χ2n) is 7.49. The van der Waals surface area contributed by atoms with Gasteiger partial charge in [0.2, 0.25) is 0 Å². The van der Waals surface area contributed by atoms with E-state index in [9.17, 15) is 22.4 Å². The molecule has 178 valence electrons. The molecule has 0 spiro atoms. The number of nitrogens with zero attached hydrogens (tertiary/aromatic N) is 3. The Morgan fingerprint density at radius 3 is 2.15 bits per heavy atom. The fourth-order valence-corrected chi connectivity index (χ4v) is 4.82. The summed E-state index contributed by atoms with van der Waals surface area (Å²) in [7, 11) is -4.02. The minimum atomic E-state index is -4.02. The van der Waals surface area contributed by atoms with E-state index in [4.69, 9.17) is 11.6 Å². The maximum atomic E-state index is 13.1. The van der Waals surface area contributed by atoms with Crippen LogP contribution in [0.4, 0.5) is 14.9 Å². The van der Waals surface area contributed by atoms with Crippen molar-refractivity contribution in [2.75, 3.05) is 44.0 Å². The first-order chi connectivity index (χ1) is 15.7. The van der Waals surface area contributed by atoms with E-state index in [1.165, 1.54) is 18.2 Å². The van der Waals surface area contributed by atoms with Crippen molar-refractivity contribution in [2.45, 2.75) is 18.7 Å². The van der Waals surface area contributed by atoms with Gasteiger partial charge < -0.3 is 14.7 Å². The van der Waals surface area contributed by atoms with Crippen molar-refractivity contribution in [1.82, 2.24) is 14.7 Å². The first kappa shape index (κ1) is 24.8. The molecule has 1 saturated heterocycles. The predicted molar refractivity (Wildman–Crippen MR) is 124 cm³/mol. The molecular formula is C22H26ClFN4O4S. The van der Waals surface area contributed by atoms with Crippen LogP contribution in [0.15, 0.2) is 47.4 Å². The third-order valence-corrected chi connectivity index (χ3v) is 7.16. The molecule has 1 heterocycles. The van der Waals surface area contributed by atoms with E-state index >= 15 is 0 Å². The summed E-state index contributed by atoms with van der Waals surface area (Å²) < 4.78 is 40.7. The summed E-state index contributed by atoms with van der Waals surface area (Å²) in [5.74, 6) is -0.845. The Bertz CT molecular complexity index is 1120. The number of hydrogen-bond donors (Lipinski definition) is 1. The van der Waals surface area contributed by atoms with Gasteiger partial charge in [0.05, 0.1) is 15.6 Å². The van der Waals surface area contributed by atoms with Gasteiger partial charge in [-0.2, -0.15) is 0 Å². The summed E-state index contributed by atoms with van der Waals surface area (Å²) in [5.41, 5.74) is 0.307. The van der Waals surface area contributed by atoms with Crippen molar-refractivity contribution in [3.05, 3.63) is 58.9 Å². The SMILES string of the molecule is CCN(CC)C(=O)N1CCN(C(=O)c2ccc(Cl)c(NS(=O)(=O)c3ccc(F)cc3)c2)CC1. The molecule has 0 saturated carbocycles. The molecule has 0 aromatic heterocycles. The second kappa shape index (κ2) is 10.4. The summed E-state index contributed by atoms with van der Waals surface area (Å²) in [5, 5.41) is 0.117. The van der Waals surface area contributed by atoms with Gasteiger partial charge in [0.1, 0.15) is 5.82 Å². The lowest BCUT2D eigenvalue weighted by atomic mass is 10.1. The summed E-state index contributed by atoms with van der Waals surface area (Å²) in [4.78, 5) is 30.5. The van der Waals surface area contributed by atoms with Gasteiger partial charge in [-0.1, -0.05) is 11.6 Å². The first-order valence-electron chi connectivity index (χ1n) is 10.6. The van der Waals surface area contributed by atoms with Gasteiger partial charge in [-0.3, -0.25) is 9.52 Å². The Morgan fingerprint density at radius 1 is 1.00 bits per heavy atom. The zero-order valence-electron chi connectivity index (χ0n) is 18.4. The van der Waals surface area contributed by atoms with Gasteiger partial charge in [0, 0.05) is 44.8 Å². The van der Waals surface area contributed by atoms with E-state index in [0.29, 0.717) is 39.3 Å². The van der Waals surface area contributed by atoms with E-state index in [0.717, 1.165) is 24.3 Å². The fourth-order valence-electron chi connectivity index (χ4n) is 3.53. The van der Waals surface area contributed by atoms with Crippen molar-refractivity contribution >= 4 is 39.2 Å². The maximum Gasteiger partial charge on any atom is 0.320 e. The molecule has 3 amide bonds.